The molecule has 6 heteroatoms. The molecule has 0 aliphatic carbocycles. The Hall–Kier alpha value is -1.30. The van der Waals surface area contributed by atoms with Crippen LogP contribution >= 0.6 is 11.6 Å². The summed E-state index contributed by atoms with van der Waals surface area (Å²) in [7, 11) is 1.59. The van der Waals surface area contributed by atoms with Gasteiger partial charge in [-0.2, -0.15) is 0 Å². The Kier molecular flexibility index (Phi) is 4.07. The van der Waals surface area contributed by atoms with Gasteiger partial charge in [0.05, 0.1) is 30.4 Å². The molecule has 1 spiro atoms. The van der Waals surface area contributed by atoms with Crippen molar-refractivity contribution in [1.29, 1.82) is 0 Å². The number of anilines is 1. The molecule has 0 atom stereocenters. The zero-order valence-electron chi connectivity index (χ0n) is 13.8. The number of carbonyl (C=O) groups is 1. The summed E-state index contributed by atoms with van der Waals surface area (Å²) in [6.07, 6.45) is 1.40. The molecule has 1 aromatic carbocycles. The van der Waals surface area contributed by atoms with Crippen LogP contribution in [0.1, 0.15) is 32.3 Å². The van der Waals surface area contributed by atoms with E-state index >= 15 is 0 Å². The van der Waals surface area contributed by atoms with Gasteiger partial charge in [0, 0.05) is 10.6 Å². The number of hydrogen-bond acceptors (Lipinski definition) is 4. The lowest BCUT2D eigenvalue weighted by molar-refractivity contribution is -0.124. The number of rotatable bonds is 3. The number of methoxy groups -OCH3 is 1. The van der Waals surface area contributed by atoms with Gasteiger partial charge < -0.3 is 20.1 Å². The predicted octanol–water partition coefficient (Wildman–Crippen LogP) is 2.09. The van der Waals surface area contributed by atoms with Gasteiger partial charge in [-0.15, -0.1) is 0 Å². The van der Waals surface area contributed by atoms with Crippen LogP contribution in [-0.4, -0.2) is 43.4 Å². The van der Waals surface area contributed by atoms with E-state index in [1.165, 1.54) is 0 Å². The van der Waals surface area contributed by atoms with Crippen LogP contribution in [0.5, 0.6) is 5.75 Å². The number of piperidine rings is 1. The highest BCUT2D eigenvalue weighted by atomic mass is 35.5. The number of aliphatic hydroxyl groups is 1. The second-order valence-electron chi connectivity index (χ2n) is 7.01. The molecule has 2 heterocycles. The number of ether oxygens (including phenoxy) is 1. The van der Waals surface area contributed by atoms with E-state index in [-0.39, 0.29) is 12.5 Å². The number of β-amino-alcohol motifs (C(OH)–C–C–N with tert-alkyl or cyclic N) is 1. The van der Waals surface area contributed by atoms with Crippen molar-refractivity contribution in [3.63, 3.8) is 0 Å². The molecule has 126 valence electrons. The third-order valence-corrected chi connectivity index (χ3v) is 5.03. The molecule has 2 aliphatic heterocycles. The van der Waals surface area contributed by atoms with Crippen LogP contribution in [0.3, 0.4) is 0 Å². The first-order valence-electron chi connectivity index (χ1n) is 7.92. The fraction of sp³-hybridized carbons (Fsp3) is 0.588. The summed E-state index contributed by atoms with van der Waals surface area (Å²) in [5.41, 5.74) is -0.0424. The summed E-state index contributed by atoms with van der Waals surface area (Å²) >= 11 is 6.51. The molecule has 0 radical (unpaired) electrons. The van der Waals surface area contributed by atoms with Gasteiger partial charge in [-0.25, -0.2) is 0 Å². The number of amides is 1. The number of benzene rings is 1. The number of carbonyl (C=O) groups excluding carboxylic acids is 1. The molecule has 0 bridgehead atoms. The molecule has 5 nitrogen and oxygen atoms in total. The monoisotopic (exact) mass is 338 g/mol. The van der Waals surface area contributed by atoms with Crippen molar-refractivity contribution in [2.24, 2.45) is 0 Å². The van der Waals surface area contributed by atoms with Crippen molar-refractivity contribution < 1.29 is 14.6 Å². The molecule has 0 saturated carbocycles. The van der Waals surface area contributed by atoms with E-state index in [2.05, 4.69) is 5.32 Å². The second-order valence-corrected chi connectivity index (χ2v) is 7.42. The second kappa shape index (κ2) is 5.65. The Morgan fingerprint density at radius 3 is 2.61 bits per heavy atom. The van der Waals surface area contributed by atoms with Gasteiger partial charge in [-0.3, -0.25) is 4.79 Å². The summed E-state index contributed by atoms with van der Waals surface area (Å²) in [5, 5.41) is 14.2. The molecular weight excluding hydrogens is 316 g/mol. The minimum absolute atomic E-state index is 0.0162. The summed E-state index contributed by atoms with van der Waals surface area (Å²) in [6, 6.07) is 3.58. The quantitative estimate of drug-likeness (QED) is 0.886. The molecule has 1 saturated heterocycles. The van der Waals surface area contributed by atoms with E-state index in [4.69, 9.17) is 16.3 Å². The average Bonchev–Trinajstić information content (AvgIpc) is 2.71. The van der Waals surface area contributed by atoms with E-state index in [1.54, 1.807) is 38.0 Å². The fourth-order valence-corrected chi connectivity index (χ4v) is 4.09. The first kappa shape index (κ1) is 16.6. The van der Waals surface area contributed by atoms with Crippen molar-refractivity contribution in [1.82, 2.24) is 5.32 Å². The van der Waals surface area contributed by atoms with Crippen molar-refractivity contribution in [3.8, 4) is 5.75 Å². The Morgan fingerprint density at radius 2 is 2.04 bits per heavy atom. The summed E-state index contributed by atoms with van der Waals surface area (Å²) in [4.78, 5) is 15.0. The smallest absolute Gasteiger partial charge is 0.238 e. The van der Waals surface area contributed by atoms with Gasteiger partial charge in [-0.1, -0.05) is 11.6 Å². The van der Waals surface area contributed by atoms with Gasteiger partial charge in [0.15, 0.2) is 0 Å². The Bertz CT molecular complexity index is 633. The highest BCUT2D eigenvalue weighted by Crippen LogP contribution is 2.53. The summed E-state index contributed by atoms with van der Waals surface area (Å²) < 4.78 is 5.49. The summed E-state index contributed by atoms with van der Waals surface area (Å²) in [5.74, 6) is 0.639. The van der Waals surface area contributed by atoms with Gasteiger partial charge >= 0.3 is 0 Å². The first-order chi connectivity index (χ1) is 10.8. The standard InChI is InChI=1S/C17H23ClN2O3/c1-16(2,22)10-20-14-12(23-3)5-4-11(18)13(14)17(15(20)21)6-8-19-9-7-17/h4-5,19,22H,6-10H2,1-3H3. The van der Waals surface area contributed by atoms with Crippen LogP contribution in [0.25, 0.3) is 0 Å². The maximum Gasteiger partial charge on any atom is 0.238 e. The van der Waals surface area contributed by atoms with Gasteiger partial charge in [0.1, 0.15) is 5.75 Å². The van der Waals surface area contributed by atoms with Crippen LogP contribution in [0.2, 0.25) is 5.02 Å². The molecule has 1 amide bonds. The molecule has 3 rings (SSSR count). The zero-order valence-corrected chi connectivity index (χ0v) is 14.5. The number of nitrogens with zero attached hydrogens (tertiary/aromatic N) is 1. The van der Waals surface area contributed by atoms with E-state index in [1.807, 2.05) is 0 Å². The molecule has 0 aromatic heterocycles. The number of halogens is 1. The molecule has 1 fully saturated rings. The minimum Gasteiger partial charge on any atom is -0.495 e. The van der Waals surface area contributed by atoms with Crippen molar-refractivity contribution >= 4 is 23.2 Å². The van der Waals surface area contributed by atoms with Gasteiger partial charge in [0.2, 0.25) is 5.91 Å². The van der Waals surface area contributed by atoms with Crippen molar-refractivity contribution in [2.45, 2.75) is 37.7 Å². The van der Waals surface area contributed by atoms with Crippen LogP contribution in [0, 0.1) is 0 Å². The third-order valence-electron chi connectivity index (χ3n) is 4.72. The van der Waals surface area contributed by atoms with E-state index in [0.717, 1.165) is 18.7 Å². The topological polar surface area (TPSA) is 61.8 Å². The van der Waals surface area contributed by atoms with Crippen molar-refractivity contribution in [2.75, 3.05) is 31.6 Å². The predicted molar refractivity (Wildman–Crippen MR) is 90.4 cm³/mol. The highest BCUT2D eigenvalue weighted by Gasteiger charge is 2.54. The van der Waals surface area contributed by atoms with E-state index < -0.39 is 11.0 Å². The maximum atomic E-state index is 13.3. The normalized spacial score (nSPS) is 20.0. The minimum atomic E-state index is -1.00. The fourth-order valence-electron chi connectivity index (χ4n) is 3.76. The number of nitrogens with one attached hydrogen (secondary N) is 1. The van der Waals surface area contributed by atoms with Crippen LogP contribution in [0.15, 0.2) is 12.1 Å². The third kappa shape index (κ3) is 2.61. The van der Waals surface area contributed by atoms with Crippen LogP contribution in [0.4, 0.5) is 5.69 Å². The molecule has 23 heavy (non-hydrogen) atoms. The molecular formula is C17H23ClN2O3. The largest absolute Gasteiger partial charge is 0.495 e. The Labute approximate surface area is 141 Å². The maximum absolute atomic E-state index is 13.3. The zero-order chi connectivity index (χ0) is 16.8. The average molecular weight is 339 g/mol. The molecule has 2 N–H and O–H groups in total. The number of fused-ring (bicyclic) bond motifs is 2. The lowest BCUT2D eigenvalue weighted by atomic mass is 9.74. The first-order valence-corrected chi connectivity index (χ1v) is 8.30. The van der Waals surface area contributed by atoms with Gasteiger partial charge in [0.25, 0.3) is 0 Å². The highest BCUT2D eigenvalue weighted by molar-refractivity contribution is 6.33. The lowest BCUT2D eigenvalue weighted by Crippen LogP contribution is -2.50. The van der Waals surface area contributed by atoms with Crippen LogP contribution in [-0.2, 0) is 10.2 Å². The van der Waals surface area contributed by atoms with Crippen molar-refractivity contribution in [3.05, 3.63) is 22.7 Å². The lowest BCUT2D eigenvalue weighted by Gasteiger charge is -2.34. The van der Waals surface area contributed by atoms with Gasteiger partial charge in [-0.05, 0) is 51.9 Å². The Balaban J connectivity index is 2.20. The molecule has 2 aliphatic rings. The molecule has 0 unspecified atom stereocenters. The van der Waals surface area contributed by atoms with Crippen LogP contribution < -0.4 is 15.0 Å². The SMILES string of the molecule is COc1ccc(Cl)c2c1N(CC(C)(C)O)C(=O)C21CCNCC1. The van der Waals surface area contributed by atoms with E-state index in [0.29, 0.717) is 29.3 Å². The number of hydrogen-bond donors (Lipinski definition) is 2. The summed E-state index contributed by atoms with van der Waals surface area (Å²) in [6.45, 7) is 5.16. The van der Waals surface area contributed by atoms with E-state index in [9.17, 15) is 9.90 Å². The Morgan fingerprint density at radius 1 is 1.39 bits per heavy atom. The molecule has 1 aromatic rings.